The van der Waals surface area contributed by atoms with Gasteiger partial charge in [-0.15, -0.1) is 0 Å². The molecule has 2 atom stereocenters. The van der Waals surface area contributed by atoms with E-state index >= 15 is 0 Å². The van der Waals surface area contributed by atoms with E-state index in [1.807, 2.05) is 36.7 Å². The number of alkyl halides is 1. The average Bonchev–Trinajstić information content (AvgIpc) is 3.29. The third kappa shape index (κ3) is 4.18. The van der Waals surface area contributed by atoms with Crippen LogP contribution < -0.4 is 10.8 Å². The van der Waals surface area contributed by atoms with Gasteiger partial charge in [-0.25, -0.2) is 4.39 Å². The van der Waals surface area contributed by atoms with Gasteiger partial charge in [0.05, 0.1) is 17.8 Å². The molecule has 2 heterocycles. The quantitative estimate of drug-likeness (QED) is 0.592. The number of nitrogens with one attached hydrogen (secondary N) is 2. The first kappa shape index (κ1) is 22.5. The maximum atomic E-state index is 13.1. The zero-order valence-corrected chi connectivity index (χ0v) is 17.9. The van der Waals surface area contributed by atoms with Gasteiger partial charge in [0, 0.05) is 18.0 Å². The van der Waals surface area contributed by atoms with Crippen molar-refractivity contribution in [1.29, 1.82) is 0 Å². The van der Waals surface area contributed by atoms with Gasteiger partial charge >= 0.3 is 5.97 Å². The van der Waals surface area contributed by atoms with Crippen LogP contribution in [0.15, 0.2) is 30.3 Å². The number of fused-ring (bicyclic) bond motifs is 1. The van der Waals surface area contributed by atoms with Gasteiger partial charge in [0.2, 0.25) is 0 Å². The number of hydrogen-bond acceptors (Lipinski definition) is 5. The molecular formula is C22H26FN3O5. The summed E-state index contributed by atoms with van der Waals surface area (Å²) in [5.74, 6) is -3.42. The first-order valence-electron chi connectivity index (χ1n) is 9.93. The zero-order valence-electron chi connectivity index (χ0n) is 17.9. The number of carboxylic acid groups (broad SMARTS) is 1. The van der Waals surface area contributed by atoms with Crippen LogP contribution >= 0.6 is 0 Å². The van der Waals surface area contributed by atoms with E-state index in [9.17, 15) is 18.8 Å². The number of amides is 1. The van der Waals surface area contributed by atoms with Gasteiger partial charge < -0.3 is 15.0 Å². The lowest BCUT2D eigenvalue weighted by Gasteiger charge is -2.29. The summed E-state index contributed by atoms with van der Waals surface area (Å²) in [6.45, 7) is 4.15. The molecule has 1 aromatic heterocycles. The molecule has 1 aromatic carbocycles. The second kappa shape index (κ2) is 8.50. The Hall–Kier alpha value is -3.20. The maximum absolute atomic E-state index is 13.1. The Bertz CT molecular complexity index is 1070. The van der Waals surface area contributed by atoms with Gasteiger partial charge in [-0.3, -0.25) is 24.7 Å². The summed E-state index contributed by atoms with van der Waals surface area (Å²) >= 11 is 0. The minimum atomic E-state index is -1.50. The van der Waals surface area contributed by atoms with Crippen LogP contribution in [0.25, 0.3) is 16.6 Å². The number of ketones is 1. The van der Waals surface area contributed by atoms with E-state index in [0.717, 1.165) is 22.2 Å². The number of carbonyl (C=O) groups is 3. The molecule has 2 aromatic rings. The molecule has 0 spiro atoms. The number of aliphatic carboxylic acids is 1. The highest BCUT2D eigenvalue weighted by molar-refractivity contribution is 5.97. The van der Waals surface area contributed by atoms with E-state index in [0.29, 0.717) is 5.70 Å². The van der Waals surface area contributed by atoms with Gasteiger partial charge in [-0.05, 0) is 37.1 Å². The molecule has 3 N–H and O–H groups in total. The van der Waals surface area contributed by atoms with E-state index in [1.165, 1.54) is 0 Å². The van der Waals surface area contributed by atoms with Crippen LogP contribution in [0.1, 0.15) is 31.5 Å². The van der Waals surface area contributed by atoms with Gasteiger partial charge in [0.25, 0.3) is 5.91 Å². The number of rotatable bonds is 8. The fourth-order valence-corrected chi connectivity index (χ4v) is 3.71. The SMILES string of the molecule is Cc1ccc2c(c1)cc(C1=CC(C(=O)NC(CC(=O)O)C(=O)CF)(C(C)C)ON1)n2C. The highest BCUT2D eigenvalue weighted by Gasteiger charge is 2.47. The molecule has 0 aliphatic carbocycles. The molecule has 0 radical (unpaired) electrons. The van der Waals surface area contributed by atoms with E-state index < -0.39 is 42.4 Å². The lowest BCUT2D eigenvalue weighted by molar-refractivity contribution is -0.152. The molecule has 2 unspecified atom stereocenters. The van der Waals surface area contributed by atoms with Crippen LogP contribution in [-0.4, -0.2) is 45.7 Å². The van der Waals surface area contributed by atoms with Crippen molar-refractivity contribution in [2.75, 3.05) is 6.67 Å². The molecule has 0 saturated carbocycles. The Morgan fingerprint density at radius 3 is 2.61 bits per heavy atom. The van der Waals surface area contributed by atoms with Gasteiger partial charge in [0.15, 0.2) is 11.4 Å². The fourth-order valence-electron chi connectivity index (χ4n) is 3.71. The van der Waals surface area contributed by atoms with Crippen LogP contribution in [0.5, 0.6) is 0 Å². The van der Waals surface area contributed by atoms with Crippen molar-refractivity contribution in [3.63, 3.8) is 0 Å². The molecule has 8 nitrogen and oxygen atoms in total. The van der Waals surface area contributed by atoms with Crippen molar-refractivity contribution < 1.29 is 28.7 Å². The molecule has 1 aliphatic rings. The second-order valence-electron chi connectivity index (χ2n) is 8.08. The van der Waals surface area contributed by atoms with Crippen LogP contribution in [0.4, 0.5) is 4.39 Å². The molecule has 1 aliphatic heterocycles. The summed E-state index contributed by atoms with van der Waals surface area (Å²) in [4.78, 5) is 41.7. The zero-order chi connectivity index (χ0) is 22.9. The van der Waals surface area contributed by atoms with Gasteiger partial charge in [-0.2, -0.15) is 0 Å². The number of aryl methyl sites for hydroxylation is 2. The number of hydroxylamine groups is 1. The van der Waals surface area contributed by atoms with Gasteiger partial charge in [-0.1, -0.05) is 25.5 Å². The molecule has 31 heavy (non-hydrogen) atoms. The van der Waals surface area contributed by atoms with Crippen molar-refractivity contribution in [3.8, 4) is 0 Å². The molecule has 0 fully saturated rings. The molecule has 0 bridgehead atoms. The number of halogens is 1. The Morgan fingerprint density at radius 1 is 1.29 bits per heavy atom. The van der Waals surface area contributed by atoms with Crippen LogP contribution in [0, 0.1) is 12.8 Å². The number of hydrogen-bond donors (Lipinski definition) is 3. The van der Waals surface area contributed by atoms with E-state index in [1.54, 1.807) is 19.9 Å². The van der Waals surface area contributed by atoms with Crippen molar-refractivity contribution in [3.05, 3.63) is 41.6 Å². The predicted octanol–water partition coefficient (Wildman–Crippen LogP) is 2.26. The van der Waals surface area contributed by atoms with Crippen molar-refractivity contribution in [1.82, 2.24) is 15.4 Å². The lowest BCUT2D eigenvalue weighted by atomic mass is 9.88. The average molecular weight is 431 g/mol. The molecule has 9 heteroatoms. The third-order valence-corrected chi connectivity index (χ3v) is 5.58. The normalized spacial score (nSPS) is 19.2. The largest absolute Gasteiger partial charge is 0.481 e. The fraction of sp³-hybridized carbons (Fsp3) is 0.409. The Labute approximate surface area is 179 Å². The monoisotopic (exact) mass is 431 g/mol. The van der Waals surface area contributed by atoms with Crippen molar-refractivity contribution in [2.24, 2.45) is 13.0 Å². The minimum Gasteiger partial charge on any atom is -0.481 e. The summed E-state index contributed by atoms with van der Waals surface area (Å²) in [5.41, 5.74) is 4.77. The van der Waals surface area contributed by atoms with E-state index in [4.69, 9.17) is 9.94 Å². The third-order valence-electron chi connectivity index (χ3n) is 5.58. The molecule has 0 saturated heterocycles. The highest BCUT2D eigenvalue weighted by atomic mass is 19.1. The van der Waals surface area contributed by atoms with Crippen LogP contribution in [0.2, 0.25) is 0 Å². The standard InChI is InChI=1S/C22H26FN3O5/c1-12(2)22(21(30)24-15(9-20(28)29)19(27)11-23)10-16(25-31-22)18-8-14-7-13(3)5-6-17(14)26(18)4/h5-8,10,12,15,25H,9,11H2,1-4H3,(H,24,30)(H,28,29). The number of benzene rings is 1. The van der Waals surface area contributed by atoms with Crippen LogP contribution in [0.3, 0.4) is 0 Å². The highest BCUT2D eigenvalue weighted by Crippen LogP contribution is 2.34. The molecule has 1 amide bonds. The summed E-state index contributed by atoms with van der Waals surface area (Å²) < 4.78 is 14.8. The molecular weight excluding hydrogens is 405 g/mol. The summed E-state index contributed by atoms with van der Waals surface area (Å²) in [7, 11) is 1.90. The first-order valence-corrected chi connectivity index (χ1v) is 9.93. The maximum Gasteiger partial charge on any atom is 0.305 e. The van der Waals surface area contributed by atoms with Crippen molar-refractivity contribution >= 4 is 34.3 Å². The van der Waals surface area contributed by atoms with E-state index in [-0.39, 0.29) is 5.92 Å². The Balaban J connectivity index is 1.96. The van der Waals surface area contributed by atoms with Gasteiger partial charge in [0.1, 0.15) is 12.7 Å². The minimum absolute atomic E-state index is 0.375. The summed E-state index contributed by atoms with van der Waals surface area (Å²) in [5, 5.41) is 12.4. The first-order chi connectivity index (χ1) is 14.6. The predicted molar refractivity (Wildman–Crippen MR) is 113 cm³/mol. The Morgan fingerprint density at radius 2 is 2.00 bits per heavy atom. The number of nitrogens with zero attached hydrogens (tertiary/aromatic N) is 1. The molecule has 166 valence electrons. The topological polar surface area (TPSA) is 110 Å². The number of aromatic nitrogens is 1. The summed E-state index contributed by atoms with van der Waals surface area (Å²) in [6.07, 6.45) is 0.904. The summed E-state index contributed by atoms with van der Waals surface area (Å²) in [6, 6.07) is 6.56. The smallest absolute Gasteiger partial charge is 0.305 e. The number of carbonyl (C=O) groups excluding carboxylic acids is 2. The number of carboxylic acids is 1. The van der Waals surface area contributed by atoms with E-state index in [2.05, 4.69) is 16.9 Å². The Kier molecular flexibility index (Phi) is 6.17. The lowest BCUT2D eigenvalue weighted by Crippen LogP contribution is -2.55. The van der Waals surface area contributed by atoms with Crippen LogP contribution in [-0.2, 0) is 26.3 Å². The molecule has 3 rings (SSSR count). The number of Topliss-reactive ketones (excluding diaryl/α,β-unsaturated/α-hetero) is 1. The van der Waals surface area contributed by atoms with Crippen molar-refractivity contribution in [2.45, 2.75) is 38.8 Å². The second-order valence-corrected chi connectivity index (χ2v) is 8.08.